The zero-order valence-corrected chi connectivity index (χ0v) is 18.4. The van der Waals surface area contributed by atoms with E-state index < -0.39 is 0 Å². The number of ketones is 1. The van der Waals surface area contributed by atoms with Crippen LogP contribution in [-0.2, 0) is 9.59 Å². The standard InChI is InChI=1S/C21H29N3O4S/c1-6-24(7-2)18(26)12-28-16-10-9-15(11-17(16)27-8-3)20-19(14(5)25)13(4)22-21(29)23-20/h9-11,20H,6-8,12H2,1-5H3,(H2,22,23,29). The van der Waals surface area contributed by atoms with E-state index in [4.69, 9.17) is 21.7 Å². The van der Waals surface area contributed by atoms with Gasteiger partial charge in [-0.15, -0.1) is 0 Å². The summed E-state index contributed by atoms with van der Waals surface area (Å²) in [5.41, 5.74) is 2.17. The number of carbonyl (C=O) groups excluding carboxylic acids is 2. The molecule has 158 valence electrons. The Hall–Kier alpha value is -2.61. The molecule has 0 saturated heterocycles. The van der Waals surface area contributed by atoms with Crippen LogP contribution in [0.5, 0.6) is 11.5 Å². The molecular formula is C21H29N3O4S. The average molecular weight is 420 g/mol. The van der Waals surface area contributed by atoms with Crippen molar-refractivity contribution in [3.8, 4) is 11.5 Å². The largest absolute Gasteiger partial charge is 0.490 e. The lowest BCUT2D eigenvalue weighted by Gasteiger charge is -2.30. The average Bonchev–Trinajstić information content (AvgIpc) is 2.67. The lowest BCUT2D eigenvalue weighted by Crippen LogP contribution is -2.44. The van der Waals surface area contributed by atoms with Crippen molar-refractivity contribution in [3.05, 3.63) is 35.0 Å². The molecule has 1 heterocycles. The summed E-state index contributed by atoms with van der Waals surface area (Å²) in [6.07, 6.45) is 0. The van der Waals surface area contributed by atoms with Gasteiger partial charge < -0.3 is 25.0 Å². The molecular weight excluding hydrogens is 390 g/mol. The van der Waals surface area contributed by atoms with Crippen LogP contribution in [0.2, 0.25) is 0 Å². The molecule has 0 aliphatic carbocycles. The molecule has 1 aromatic carbocycles. The quantitative estimate of drug-likeness (QED) is 0.596. The Morgan fingerprint density at radius 2 is 1.83 bits per heavy atom. The third-order valence-corrected chi connectivity index (χ3v) is 4.94. The molecule has 0 radical (unpaired) electrons. The van der Waals surface area contributed by atoms with Crippen LogP contribution >= 0.6 is 12.2 Å². The first-order valence-corrected chi connectivity index (χ1v) is 10.2. The van der Waals surface area contributed by atoms with E-state index in [1.165, 1.54) is 6.92 Å². The number of hydrogen-bond acceptors (Lipinski definition) is 5. The molecule has 8 heteroatoms. The van der Waals surface area contributed by atoms with Crippen LogP contribution in [-0.4, -0.2) is 48.0 Å². The Morgan fingerprint density at radius 3 is 2.41 bits per heavy atom. The van der Waals surface area contributed by atoms with Crippen molar-refractivity contribution in [2.24, 2.45) is 0 Å². The minimum absolute atomic E-state index is 0.0434. The molecule has 0 spiro atoms. The second-order valence-corrected chi connectivity index (χ2v) is 7.03. The summed E-state index contributed by atoms with van der Waals surface area (Å²) in [5.74, 6) is 0.879. The van der Waals surface area contributed by atoms with Crippen molar-refractivity contribution in [1.82, 2.24) is 15.5 Å². The fourth-order valence-corrected chi connectivity index (χ4v) is 3.58. The number of rotatable bonds is 9. The van der Waals surface area contributed by atoms with E-state index in [1.54, 1.807) is 11.0 Å². The highest BCUT2D eigenvalue weighted by atomic mass is 32.1. The summed E-state index contributed by atoms with van der Waals surface area (Å²) < 4.78 is 11.5. The second kappa shape index (κ2) is 10.2. The van der Waals surface area contributed by atoms with Gasteiger partial charge in [0.2, 0.25) is 0 Å². The number of nitrogens with one attached hydrogen (secondary N) is 2. The number of Topliss-reactive ketones (excluding diaryl/α,β-unsaturated/α-hetero) is 1. The normalized spacial score (nSPS) is 16.0. The van der Waals surface area contributed by atoms with Gasteiger partial charge in [0.1, 0.15) is 0 Å². The third kappa shape index (κ3) is 5.47. The zero-order chi connectivity index (χ0) is 21.6. The van der Waals surface area contributed by atoms with Crippen molar-refractivity contribution < 1.29 is 19.1 Å². The van der Waals surface area contributed by atoms with E-state index in [9.17, 15) is 9.59 Å². The fraction of sp³-hybridized carbons (Fsp3) is 0.476. The second-order valence-electron chi connectivity index (χ2n) is 6.62. The molecule has 1 aliphatic rings. The van der Waals surface area contributed by atoms with Crippen LogP contribution in [0.4, 0.5) is 0 Å². The van der Waals surface area contributed by atoms with Crippen LogP contribution in [0.15, 0.2) is 29.5 Å². The van der Waals surface area contributed by atoms with Crippen LogP contribution in [0.1, 0.15) is 46.2 Å². The number of nitrogens with zero attached hydrogens (tertiary/aromatic N) is 1. The molecule has 0 aromatic heterocycles. The van der Waals surface area contributed by atoms with Crippen molar-refractivity contribution >= 4 is 29.0 Å². The number of thiocarbonyl (C=S) groups is 1. The van der Waals surface area contributed by atoms with E-state index in [2.05, 4.69) is 10.6 Å². The third-order valence-electron chi connectivity index (χ3n) is 4.72. The molecule has 2 N–H and O–H groups in total. The van der Waals surface area contributed by atoms with Crippen LogP contribution in [0.25, 0.3) is 0 Å². The van der Waals surface area contributed by atoms with Crippen molar-refractivity contribution in [2.45, 2.75) is 40.7 Å². The van der Waals surface area contributed by atoms with Crippen molar-refractivity contribution in [1.29, 1.82) is 0 Å². The molecule has 1 atom stereocenters. The van der Waals surface area contributed by atoms with E-state index in [1.807, 2.05) is 39.8 Å². The lowest BCUT2D eigenvalue weighted by molar-refractivity contribution is -0.133. The zero-order valence-electron chi connectivity index (χ0n) is 17.6. The van der Waals surface area contributed by atoms with E-state index in [0.717, 1.165) is 11.3 Å². The highest BCUT2D eigenvalue weighted by Gasteiger charge is 2.28. The Morgan fingerprint density at radius 1 is 1.14 bits per heavy atom. The molecule has 1 aromatic rings. The van der Waals surface area contributed by atoms with Gasteiger partial charge in [-0.3, -0.25) is 9.59 Å². The van der Waals surface area contributed by atoms with Crippen LogP contribution in [0.3, 0.4) is 0 Å². The molecule has 1 aliphatic heterocycles. The molecule has 29 heavy (non-hydrogen) atoms. The first-order valence-electron chi connectivity index (χ1n) is 9.78. The minimum Gasteiger partial charge on any atom is -0.490 e. The number of hydrogen-bond donors (Lipinski definition) is 2. The maximum atomic E-state index is 12.2. The summed E-state index contributed by atoms with van der Waals surface area (Å²) in [6, 6.07) is 5.05. The van der Waals surface area contributed by atoms with Crippen molar-refractivity contribution in [3.63, 3.8) is 0 Å². The van der Waals surface area contributed by atoms with E-state index in [0.29, 0.717) is 41.9 Å². The van der Waals surface area contributed by atoms with Gasteiger partial charge in [-0.2, -0.15) is 0 Å². The van der Waals surface area contributed by atoms with Gasteiger partial charge in [0, 0.05) is 24.4 Å². The Kier molecular flexibility index (Phi) is 8.01. The highest BCUT2D eigenvalue weighted by Crippen LogP contribution is 2.34. The summed E-state index contributed by atoms with van der Waals surface area (Å²) >= 11 is 5.26. The van der Waals surface area contributed by atoms with E-state index in [-0.39, 0.29) is 24.3 Å². The van der Waals surface area contributed by atoms with Gasteiger partial charge in [-0.25, -0.2) is 0 Å². The van der Waals surface area contributed by atoms with Gasteiger partial charge in [0.15, 0.2) is 29.0 Å². The predicted molar refractivity (Wildman–Crippen MR) is 116 cm³/mol. The first-order chi connectivity index (χ1) is 13.8. The summed E-state index contributed by atoms with van der Waals surface area (Å²) in [6.45, 7) is 10.7. The van der Waals surface area contributed by atoms with Gasteiger partial charge in [-0.1, -0.05) is 6.07 Å². The first kappa shape index (κ1) is 22.7. The molecule has 7 nitrogen and oxygen atoms in total. The molecule has 1 unspecified atom stereocenters. The number of benzene rings is 1. The summed E-state index contributed by atoms with van der Waals surface area (Å²) in [5, 5.41) is 6.60. The minimum atomic E-state index is -0.383. The number of allylic oxidation sites excluding steroid dienone is 1. The van der Waals surface area contributed by atoms with E-state index >= 15 is 0 Å². The molecule has 0 saturated carbocycles. The maximum absolute atomic E-state index is 12.2. The monoisotopic (exact) mass is 419 g/mol. The maximum Gasteiger partial charge on any atom is 0.260 e. The fourth-order valence-electron chi connectivity index (χ4n) is 3.31. The molecule has 2 rings (SSSR count). The predicted octanol–water partition coefficient (Wildman–Crippen LogP) is 2.71. The number of likely N-dealkylation sites (N-methyl/N-ethyl adjacent to an activating group) is 1. The topological polar surface area (TPSA) is 79.9 Å². The smallest absolute Gasteiger partial charge is 0.260 e. The molecule has 0 fully saturated rings. The highest BCUT2D eigenvalue weighted by molar-refractivity contribution is 7.80. The lowest BCUT2D eigenvalue weighted by atomic mass is 9.93. The number of amides is 1. The van der Waals surface area contributed by atoms with Crippen LogP contribution in [0, 0.1) is 0 Å². The molecule has 1 amide bonds. The number of ether oxygens (including phenoxy) is 2. The Labute approximate surface area is 177 Å². The van der Waals surface area contributed by atoms with Gasteiger partial charge >= 0.3 is 0 Å². The van der Waals surface area contributed by atoms with Gasteiger partial charge in [0.05, 0.1) is 12.6 Å². The Balaban J connectivity index is 2.31. The molecule has 0 bridgehead atoms. The Bertz CT molecular complexity index is 818. The van der Waals surface area contributed by atoms with Gasteiger partial charge in [0.25, 0.3) is 5.91 Å². The summed E-state index contributed by atoms with van der Waals surface area (Å²) in [7, 11) is 0. The van der Waals surface area contributed by atoms with Gasteiger partial charge in [-0.05, 0) is 64.5 Å². The SMILES string of the molecule is CCOc1cc(C2NC(=S)NC(C)=C2C(C)=O)ccc1OCC(=O)N(CC)CC. The summed E-state index contributed by atoms with van der Waals surface area (Å²) in [4.78, 5) is 26.1. The van der Waals surface area contributed by atoms with Crippen molar-refractivity contribution in [2.75, 3.05) is 26.3 Å². The van der Waals surface area contributed by atoms with Crippen LogP contribution < -0.4 is 20.1 Å². The number of carbonyl (C=O) groups is 2.